The van der Waals surface area contributed by atoms with Crippen LogP contribution in [0.2, 0.25) is 0 Å². The number of nitriles is 1. The monoisotopic (exact) mass is 255 g/mol. The van der Waals surface area contributed by atoms with Gasteiger partial charge in [0, 0.05) is 5.92 Å². The first-order chi connectivity index (χ1) is 9.22. The Morgan fingerprint density at radius 1 is 1.63 bits per heavy atom. The van der Waals surface area contributed by atoms with Crippen LogP contribution in [-0.4, -0.2) is 22.5 Å². The average Bonchev–Trinajstić information content (AvgIpc) is 3.11. The third-order valence-electron chi connectivity index (χ3n) is 3.36. The second-order valence-electron chi connectivity index (χ2n) is 4.67. The molecular weight excluding hydrogens is 242 g/mol. The van der Waals surface area contributed by atoms with E-state index in [1.165, 1.54) is 0 Å². The molecule has 1 aromatic carbocycles. The van der Waals surface area contributed by atoms with E-state index >= 15 is 0 Å². The van der Waals surface area contributed by atoms with Gasteiger partial charge in [-0.3, -0.25) is 4.79 Å². The van der Waals surface area contributed by atoms with Gasteiger partial charge in [0.25, 0.3) is 0 Å². The molecule has 19 heavy (non-hydrogen) atoms. The number of rotatable bonds is 3. The molecule has 1 aromatic heterocycles. The number of aromatic nitrogens is 2. The molecule has 0 radical (unpaired) electrons. The van der Waals surface area contributed by atoms with Crippen molar-refractivity contribution in [1.29, 1.82) is 5.26 Å². The number of H-pyrrole nitrogens is 1. The van der Waals surface area contributed by atoms with Crippen LogP contribution in [0.15, 0.2) is 18.2 Å². The van der Waals surface area contributed by atoms with Crippen molar-refractivity contribution in [1.82, 2.24) is 9.97 Å². The highest BCUT2D eigenvalue weighted by atomic mass is 16.5. The SMILES string of the molecule is CCOC(=O)[C@@H]1C[C@H]1c1nc2cc(C#N)ccc2[nH]1. The molecule has 5 heteroatoms. The largest absolute Gasteiger partial charge is 0.466 e. The van der Waals surface area contributed by atoms with Gasteiger partial charge in [-0.1, -0.05) is 0 Å². The lowest BCUT2D eigenvalue weighted by atomic mass is 10.2. The van der Waals surface area contributed by atoms with E-state index in [9.17, 15) is 4.79 Å². The fourth-order valence-corrected chi connectivity index (χ4v) is 2.28. The van der Waals surface area contributed by atoms with E-state index in [-0.39, 0.29) is 17.8 Å². The zero-order chi connectivity index (χ0) is 13.4. The van der Waals surface area contributed by atoms with Crippen LogP contribution < -0.4 is 0 Å². The second kappa shape index (κ2) is 4.39. The van der Waals surface area contributed by atoms with E-state index in [0.29, 0.717) is 12.2 Å². The summed E-state index contributed by atoms with van der Waals surface area (Å²) in [5, 5.41) is 8.85. The van der Waals surface area contributed by atoms with Crippen molar-refractivity contribution < 1.29 is 9.53 Å². The standard InChI is InChI=1S/C14H13N3O2/c1-2-19-14(18)10-6-9(10)13-16-11-4-3-8(7-15)5-12(11)17-13/h3-5,9-10H,2,6H2,1H3,(H,16,17)/t9-,10-/m1/s1. The molecule has 1 aliphatic carbocycles. The fraction of sp³-hybridized carbons (Fsp3) is 0.357. The Labute approximate surface area is 110 Å². The van der Waals surface area contributed by atoms with Crippen molar-refractivity contribution in [3.8, 4) is 6.07 Å². The maximum Gasteiger partial charge on any atom is 0.309 e. The maximum atomic E-state index is 11.6. The van der Waals surface area contributed by atoms with Gasteiger partial charge < -0.3 is 9.72 Å². The summed E-state index contributed by atoms with van der Waals surface area (Å²) in [6.07, 6.45) is 0.782. The molecule has 96 valence electrons. The van der Waals surface area contributed by atoms with Crippen LogP contribution in [0.25, 0.3) is 11.0 Å². The minimum absolute atomic E-state index is 0.0732. The number of benzene rings is 1. The van der Waals surface area contributed by atoms with Gasteiger partial charge in [-0.25, -0.2) is 4.98 Å². The quantitative estimate of drug-likeness (QED) is 0.852. The Morgan fingerprint density at radius 2 is 2.47 bits per heavy atom. The molecule has 2 aromatic rings. The van der Waals surface area contributed by atoms with Crippen molar-refractivity contribution in [3.63, 3.8) is 0 Å². The topological polar surface area (TPSA) is 78.8 Å². The third-order valence-corrected chi connectivity index (χ3v) is 3.36. The van der Waals surface area contributed by atoms with E-state index in [1.54, 1.807) is 19.1 Å². The number of hydrogen-bond donors (Lipinski definition) is 1. The van der Waals surface area contributed by atoms with Crippen LogP contribution in [0, 0.1) is 17.2 Å². The van der Waals surface area contributed by atoms with E-state index in [1.807, 2.05) is 6.07 Å². The number of hydrogen-bond acceptors (Lipinski definition) is 4. The van der Waals surface area contributed by atoms with Gasteiger partial charge in [-0.2, -0.15) is 5.26 Å². The highest BCUT2D eigenvalue weighted by molar-refractivity contribution is 5.79. The summed E-state index contributed by atoms with van der Waals surface area (Å²) < 4.78 is 5.00. The first-order valence-corrected chi connectivity index (χ1v) is 6.29. The number of carbonyl (C=O) groups is 1. The van der Waals surface area contributed by atoms with Gasteiger partial charge in [0.15, 0.2) is 0 Å². The molecule has 1 heterocycles. The summed E-state index contributed by atoms with van der Waals surface area (Å²) in [7, 11) is 0. The minimum Gasteiger partial charge on any atom is -0.466 e. The molecule has 0 saturated heterocycles. The fourth-order valence-electron chi connectivity index (χ4n) is 2.28. The van der Waals surface area contributed by atoms with Crippen LogP contribution in [0.4, 0.5) is 0 Å². The van der Waals surface area contributed by atoms with Crippen LogP contribution in [0.3, 0.4) is 0 Å². The smallest absolute Gasteiger partial charge is 0.309 e. The molecule has 0 unspecified atom stereocenters. The molecular formula is C14H13N3O2. The van der Waals surface area contributed by atoms with Crippen molar-refractivity contribution in [2.75, 3.05) is 6.61 Å². The summed E-state index contributed by atoms with van der Waals surface area (Å²) in [4.78, 5) is 19.3. The van der Waals surface area contributed by atoms with Crippen molar-refractivity contribution in [3.05, 3.63) is 29.6 Å². The maximum absolute atomic E-state index is 11.6. The predicted octanol–water partition coefficient (Wildman–Crippen LogP) is 2.10. The Hall–Kier alpha value is -2.35. The van der Waals surface area contributed by atoms with Crippen LogP contribution in [0.5, 0.6) is 0 Å². The number of carbonyl (C=O) groups excluding carboxylic acids is 1. The number of esters is 1. The highest BCUT2D eigenvalue weighted by Crippen LogP contribution is 2.47. The summed E-state index contributed by atoms with van der Waals surface area (Å²) in [6, 6.07) is 7.43. The number of imidazole rings is 1. The Kier molecular flexibility index (Phi) is 2.71. The van der Waals surface area contributed by atoms with Crippen LogP contribution >= 0.6 is 0 Å². The predicted molar refractivity (Wildman–Crippen MR) is 68.3 cm³/mol. The molecule has 0 aliphatic heterocycles. The van der Waals surface area contributed by atoms with E-state index < -0.39 is 0 Å². The van der Waals surface area contributed by atoms with Gasteiger partial charge >= 0.3 is 5.97 Å². The lowest BCUT2D eigenvalue weighted by molar-refractivity contribution is -0.144. The highest BCUT2D eigenvalue weighted by Gasteiger charge is 2.47. The van der Waals surface area contributed by atoms with Gasteiger partial charge in [-0.05, 0) is 31.5 Å². The first-order valence-electron chi connectivity index (χ1n) is 6.29. The van der Waals surface area contributed by atoms with E-state index in [0.717, 1.165) is 23.3 Å². The summed E-state index contributed by atoms with van der Waals surface area (Å²) in [5.74, 6) is 0.710. The molecule has 0 amide bonds. The van der Waals surface area contributed by atoms with Crippen LogP contribution in [-0.2, 0) is 9.53 Å². The number of nitrogens with zero attached hydrogens (tertiary/aromatic N) is 2. The lowest BCUT2D eigenvalue weighted by Crippen LogP contribution is -2.07. The molecule has 1 aliphatic rings. The summed E-state index contributed by atoms with van der Waals surface area (Å²) in [6.45, 7) is 2.22. The zero-order valence-electron chi connectivity index (χ0n) is 10.5. The molecule has 1 fully saturated rings. The number of ether oxygens (including phenoxy) is 1. The molecule has 2 atom stereocenters. The number of aromatic amines is 1. The summed E-state index contributed by atoms with van der Waals surface area (Å²) >= 11 is 0. The minimum atomic E-state index is -0.148. The zero-order valence-corrected chi connectivity index (χ0v) is 10.5. The van der Waals surface area contributed by atoms with Crippen molar-refractivity contribution in [2.24, 2.45) is 5.92 Å². The van der Waals surface area contributed by atoms with Crippen LogP contribution in [0.1, 0.15) is 30.7 Å². The molecule has 1 saturated carbocycles. The normalized spacial score (nSPS) is 21.1. The molecule has 3 rings (SSSR count). The summed E-state index contributed by atoms with van der Waals surface area (Å²) in [5.41, 5.74) is 2.25. The van der Waals surface area contributed by atoms with Gasteiger partial charge in [0.1, 0.15) is 5.82 Å². The first kappa shape index (κ1) is 11.7. The molecule has 0 bridgehead atoms. The van der Waals surface area contributed by atoms with Gasteiger partial charge in [0.2, 0.25) is 0 Å². The Bertz CT molecular complexity index is 684. The lowest BCUT2D eigenvalue weighted by Gasteiger charge is -1.98. The molecule has 5 nitrogen and oxygen atoms in total. The van der Waals surface area contributed by atoms with Gasteiger partial charge in [0.05, 0.1) is 35.2 Å². The second-order valence-corrected chi connectivity index (χ2v) is 4.67. The Morgan fingerprint density at radius 3 is 3.21 bits per heavy atom. The van der Waals surface area contributed by atoms with E-state index in [4.69, 9.17) is 10.00 Å². The average molecular weight is 255 g/mol. The Balaban J connectivity index is 1.84. The number of nitrogens with one attached hydrogen (secondary N) is 1. The molecule has 0 spiro atoms. The number of fused-ring (bicyclic) bond motifs is 1. The molecule has 1 N–H and O–H groups in total. The third kappa shape index (κ3) is 2.06. The van der Waals surface area contributed by atoms with Crippen molar-refractivity contribution >= 4 is 17.0 Å². The van der Waals surface area contributed by atoms with Crippen molar-refractivity contribution in [2.45, 2.75) is 19.3 Å². The van der Waals surface area contributed by atoms with Gasteiger partial charge in [-0.15, -0.1) is 0 Å². The van der Waals surface area contributed by atoms with E-state index in [2.05, 4.69) is 16.0 Å².